The topological polar surface area (TPSA) is 50.2 Å². The number of aromatic nitrogens is 2. The quantitative estimate of drug-likeness (QED) is 0.748. The smallest absolute Gasteiger partial charge is 0.266 e. The molecule has 0 unspecified atom stereocenters. The molecule has 1 aliphatic heterocycles. The lowest BCUT2D eigenvalue weighted by atomic mass is 10.2. The molecule has 2 heterocycles. The number of nitrogens with zero attached hydrogens (tertiary/aromatic N) is 3. The monoisotopic (exact) mass is 388 g/mol. The second-order valence-electron chi connectivity index (χ2n) is 6.28. The van der Waals surface area contributed by atoms with E-state index >= 15 is 0 Å². The second-order valence-corrected chi connectivity index (χ2v) is 7.10. The third-order valence-electron chi connectivity index (χ3n) is 4.58. The highest BCUT2D eigenvalue weighted by Gasteiger charge is 2.20. The van der Waals surface area contributed by atoms with E-state index in [2.05, 4.69) is 10.2 Å². The van der Waals surface area contributed by atoms with Crippen molar-refractivity contribution in [1.29, 1.82) is 0 Å². The first-order valence-electron chi connectivity index (χ1n) is 8.53. The van der Waals surface area contributed by atoms with Gasteiger partial charge in [0.25, 0.3) is 5.56 Å². The molecule has 134 valence electrons. The van der Waals surface area contributed by atoms with Gasteiger partial charge >= 0.3 is 0 Å². The number of rotatable bonds is 3. The molecule has 0 amide bonds. The van der Waals surface area contributed by atoms with Gasteiger partial charge in [0.05, 0.1) is 33.2 Å². The van der Waals surface area contributed by atoms with E-state index < -0.39 is 0 Å². The van der Waals surface area contributed by atoms with Gasteiger partial charge in [-0.2, -0.15) is 0 Å². The van der Waals surface area contributed by atoms with Gasteiger partial charge in [-0.25, -0.2) is 4.98 Å². The standard InChI is InChI=1S/C19H18Cl2N4O/c20-14-5-3-6-15(21)18(14)25-17(12-24-10-8-22-9-11-24)23-16-7-2-1-4-13(16)19(25)26/h1-7,22H,8-12H2. The van der Waals surface area contributed by atoms with Crippen molar-refractivity contribution in [2.24, 2.45) is 0 Å². The Balaban J connectivity index is 1.95. The number of nitrogens with one attached hydrogen (secondary N) is 1. The highest BCUT2D eigenvalue weighted by molar-refractivity contribution is 6.37. The highest BCUT2D eigenvalue weighted by Crippen LogP contribution is 2.29. The maximum atomic E-state index is 13.3. The third-order valence-corrected chi connectivity index (χ3v) is 5.19. The van der Waals surface area contributed by atoms with Gasteiger partial charge in [-0.15, -0.1) is 0 Å². The van der Waals surface area contributed by atoms with Gasteiger partial charge in [0.2, 0.25) is 0 Å². The minimum atomic E-state index is -0.157. The lowest BCUT2D eigenvalue weighted by Crippen LogP contribution is -2.44. The Bertz CT molecular complexity index is 992. The van der Waals surface area contributed by atoms with Gasteiger partial charge in [0.1, 0.15) is 5.82 Å². The molecule has 5 nitrogen and oxygen atoms in total. The summed E-state index contributed by atoms with van der Waals surface area (Å²) in [5.74, 6) is 0.644. The van der Waals surface area contributed by atoms with E-state index in [1.807, 2.05) is 18.2 Å². The number of benzene rings is 2. The summed E-state index contributed by atoms with van der Waals surface area (Å²) in [6.45, 7) is 4.20. The zero-order valence-corrected chi connectivity index (χ0v) is 15.6. The van der Waals surface area contributed by atoms with Crippen molar-refractivity contribution in [3.8, 4) is 5.69 Å². The van der Waals surface area contributed by atoms with Crippen molar-refractivity contribution in [1.82, 2.24) is 19.8 Å². The zero-order valence-electron chi connectivity index (χ0n) is 14.1. The Morgan fingerprint density at radius 2 is 1.69 bits per heavy atom. The van der Waals surface area contributed by atoms with E-state index in [1.54, 1.807) is 28.8 Å². The maximum Gasteiger partial charge on any atom is 0.266 e. The predicted molar refractivity (Wildman–Crippen MR) is 106 cm³/mol. The van der Waals surface area contributed by atoms with Crippen LogP contribution < -0.4 is 10.9 Å². The molecular weight excluding hydrogens is 371 g/mol. The van der Waals surface area contributed by atoms with Crippen molar-refractivity contribution in [3.63, 3.8) is 0 Å². The van der Waals surface area contributed by atoms with Crippen LogP contribution in [0.1, 0.15) is 5.82 Å². The van der Waals surface area contributed by atoms with Gasteiger partial charge in [-0.1, -0.05) is 41.4 Å². The molecular formula is C19H18Cl2N4O. The van der Waals surface area contributed by atoms with Gasteiger partial charge in [0.15, 0.2) is 0 Å². The summed E-state index contributed by atoms with van der Waals surface area (Å²) in [4.78, 5) is 20.3. The molecule has 4 rings (SSSR count). The molecule has 1 aliphatic rings. The van der Waals surface area contributed by atoms with Crippen molar-refractivity contribution in [2.45, 2.75) is 6.54 Å². The van der Waals surface area contributed by atoms with E-state index in [0.717, 1.165) is 26.2 Å². The van der Waals surface area contributed by atoms with Crippen molar-refractivity contribution in [3.05, 3.63) is 68.7 Å². The average Bonchev–Trinajstić information content (AvgIpc) is 2.65. The number of para-hydroxylation sites is 2. The average molecular weight is 389 g/mol. The van der Waals surface area contributed by atoms with E-state index in [4.69, 9.17) is 28.2 Å². The van der Waals surface area contributed by atoms with Crippen LogP contribution in [0, 0.1) is 0 Å². The second kappa shape index (κ2) is 7.37. The van der Waals surface area contributed by atoms with Crippen molar-refractivity contribution < 1.29 is 0 Å². The fourth-order valence-electron chi connectivity index (χ4n) is 3.29. The largest absolute Gasteiger partial charge is 0.314 e. The number of piperazine rings is 1. The molecule has 1 N–H and O–H groups in total. The summed E-state index contributed by atoms with van der Waals surface area (Å²) in [7, 11) is 0. The van der Waals surface area contributed by atoms with Crippen molar-refractivity contribution in [2.75, 3.05) is 26.2 Å². The minimum absolute atomic E-state index is 0.157. The van der Waals surface area contributed by atoms with E-state index in [9.17, 15) is 4.79 Å². The number of halogens is 2. The predicted octanol–water partition coefficient (Wildman–Crippen LogP) is 3.10. The van der Waals surface area contributed by atoms with E-state index in [1.165, 1.54) is 0 Å². The van der Waals surface area contributed by atoms with Crippen LogP contribution in [0.3, 0.4) is 0 Å². The number of hydrogen-bond donors (Lipinski definition) is 1. The van der Waals surface area contributed by atoms with Crippen LogP contribution in [0.5, 0.6) is 0 Å². The molecule has 26 heavy (non-hydrogen) atoms. The molecule has 0 spiro atoms. The lowest BCUT2D eigenvalue weighted by molar-refractivity contribution is 0.226. The molecule has 3 aromatic rings. The summed E-state index contributed by atoms with van der Waals surface area (Å²) in [5, 5.41) is 4.74. The van der Waals surface area contributed by atoms with Crippen LogP contribution in [-0.4, -0.2) is 40.6 Å². The normalized spacial score (nSPS) is 15.5. The Labute approximate surface area is 161 Å². The summed E-state index contributed by atoms with van der Waals surface area (Å²) in [6, 6.07) is 12.6. The summed E-state index contributed by atoms with van der Waals surface area (Å²) in [5.41, 5.74) is 1.02. The molecule has 1 saturated heterocycles. The highest BCUT2D eigenvalue weighted by atomic mass is 35.5. The molecule has 0 atom stereocenters. The number of hydrogen-bond acceptors (Lipinski definition) is 4. The van der Waals surface area contributed by atoms with E-state index in [0.29, 0.717) is 39.0 Å². The fraction of sp³-hybridized carbons (Fsp3) is 0.263. The maximum absolute atomic E-state index is 13.3. The summed E-state index contributed by atoms with van der Waals surface area (Å²) in [6.07, 6.45) is 0. The van der Waals surface area contributed by atoms with Crippen LogP contribution in [0.25, 0.3) is 16.6 Å². The van der Waals surface area contributed by atoms with Gasteiger partial charge in [0, 0.05) is 26.2 Å². The minimum Gasteiger partial charge on any atom is -0.314 e. The molecule has 7 heteroatoms. The van der Waals surface area contributed by atoms with Crippen LogP contribution in [-0.2, 0) is 6.54 Å². The molecule has 0 aliphatic carbocycles. The lowest BCUT2D eigenvalue weighted by Gasteiger charge is -2.28. The van der Waals surface area contributed by atoms with Crippen LogP contribution in [0.15, 0.2) is 47.3 Å². The molecule has 0 bridgehead atoms. The summed E-state index contributed by atoms with van der Waals surface area (Å²) >= 11 is 12.8. The third kappa shape index (κ3) is 3.23. The van der Waals surface area contributed by atoms with E-state index in [-0.39, 0.29) is 5.56 Å². The molecule has 0 saturated carbocycles. The van der Waals surface area contributed by atoms with Gasteiger partial charge < -0.3 is 5.32 Å². The van der Waals surface area contributed by atoms with Crippen LogP contribution >= 0.6 is 23.2 Å². The fourth-order valence-corrected chi connectivity index (χ4v) is 3.85. The van der Waals surface area contributed by atoms with Gasteiger partial charge in [-0.3, -0.25) is 14.3 Å². The van der Waals surface area contributed by atoms with Crippen LogP contribution in [0.4, 0.5) is 0 Å². The molecule has 0 radical (unpaired) electrons. The van der Waals surface area contributed by atoms with Crippen molar-refractivity contribution >= 4 is 34.1 Å². The first-order chi connectivity index (χ1) is 12.6. The first-order valence-corrected chi connectivity index (χ1v) is 9.29. The molecule has 1 fully saturated rings. The van der Waals surface area contributed by atoms with Gasteiger partial charge in [-0.05, 0) is 24.3 Å². The molecule has 1 aromatic heterocycles. The Morgan fingerprint density at radius 3 is 2.42 bits per heavy atom. The molecule has 2 aromatic carbocycles. The SMILES string of the molecule is O=c1c2ccccc2nc(CN2CCNCC2)n1-c1c(Cl)cccc1Cl. The first kappa shape index (κ1) is 17.5. The van der Waals surface area contributed by atoms with Crippen LogP contribution in [0.2, 0.25) is 10.0 Å². The Morgan fingerprint density at radius 1 is 1.00 bits per heavy atom. The zero-order chi connectivity index (χ0) is 18.1. The summed E-state index contributed by atoms with van der Waals surface area (Å²) < 4.78 is 1.56. The Hall–Kier alpha value is -1.92. The number of fused-ring (bicyclic) bond motifs is 1. The Kier molecular flexibility index (Phi) is 4.96.